The highest BCUT2D eigenvalue weighted by molar-refractivity contribution is 4.82. The minimum Gasteiger partial charge on any atom is -0.317 e. The molecule has 0 saturated heterocycles. The van der Waals surface area contributed by atoms with Gasteiger partial charge in [0.25, 0.3) is 0 Å². The van der Waals surface area contributed by atoms with E-state index in [1.807, 2.05) is 0 Å². The molecule has 0 radical (unpaired) electrons. The first-order valence-corrected chi connectivity index (χ1v) is 9.89. The van der Waals surface area contributed by atoms with Crippen molar-refractivity contribution in [2.75, 3.05) is 13.1 Å². The Balaban J connectivity index is 2.31. The van der Waals surface area contributed by atoms with Crippen LogP contribution in [-0.2, 0) is 0 Å². The van der Waals surface area contributed by atoms with Crippen LogP contribution in [0.1, 0.15) is 91.9 Å². The van der Waals surface area contributed by atoms with Crippen LogP contribution in [0.3, 0.4) is 0 Å². The van der Waals surface area contributed by atoms with E-state index in [-0.39, 0.29) is 0 Å². The van der Waals surface area contributed by atoms with E-state index in [1.54, 1.807) is 0 Å². The summed E-state index contributed by atoms with van der Waals surface area (Å²) in [6.07, 6.45) is 14.6. The lowest BCUT2D eigenvalue weighted by molar-refractivity contribution is 0.135. The van der Waals surface area contributed by atoms with Crippen molar-refractivity contribution in [3.63, 3.8) is 0 Å². The minimum absolute atomic E-state index is 0.886. The molecule has 126 valence electrons. The second-order valence-electron chi connectivity index (χ2n) is 7.70. The predicted molar refractivity (Wildman–Crippen MR) is 95.7 cm³/mol. The summed E-state index contributed by atoms with van der Waals surface area (Å²) >= 11 is 0. The van der Waals surface area contributed by atoms with Gasteiger partial charge in [-0.05, 0) is 56.0 Å². The Labute approximate surface area is 134 Å². The molecule has 3 atom stereocenters. The lowest BCUT2D eigenvalue weighted by Gasteiger charge is -2.38. The van der Waals surface area contributed by atoms with E-state index in [1.165, 1.54) is 70.8 Å². The quantitative estimate of drug-likeness (QED) is 0.458. The van der Waals surface area contributed by atoms with E-state index in [2.05, 4.69) is 33.0 Å². The summed E-state index contributed by atoms with van der Waals surface area (Å²) in [5.74, 6) is 3.83. The van der Waals surface area contributed by atoms with Crippen molar-refractivity contribution in [2.24, 2.45) is 23.7 Å². The maximum atomic E-state index is 3.61. The molecule has 1 rings (SSSR count). The molecule has 1 saturated carbocycles. The van der Waals surface area contributed by atoms with Gasteiger partial charge < -0.3 is 5.32 Å². The van der Waals surface area contributed by atoms with Crippen LogP contribution in [0.2, 0.25) is 0 Å². The van der Waals surface area contributed by atoms with Gasteiger partial charge >= 0.3 is 0 Å². The molecular weight excluding hydrogens is 254 g/mol. The number of hydrogen-bond donors (Lipinski definition) is 1. The summed E-state index contributed by atoms with van der Waals surface area (Å²) in [6, 6.07) is 0. The van der Waals surface area contributed by atoms with Gasteiger partial charge in [0.2, 0.25) is 0 Å². The largest absolute Gasteiger partial charge is 0.317 e. The lowest BCUT2D eigenvalue weighted by Crippen LogP contribution is -2.34. The van der Waals surface area contributed by atoms with Gasteiger partial charge in [-0.3, -0.25) is 0 Å². The van der Waals surface area contributed by atoms with Gasteiger partial charge in [0.05, 0.1) is 0 Å². The van der Waals surface area contributed by atoms with Crippen LogP contribution in [-0.4, -0.2) is 13.1 Å². The molecule has 0 bridgehead atoms. The van der Waals surface area contributed by atoms with E-state index in [9.17, 15) is 0 Å². The number of hydrogen-bond acceptors (Lipinski definition) is 1. The molecular formula is C20H41N. The van der Waals surface area contributed by atoms with Crippen molar-refractivity contribution in [1.29, 1.82) is 0 Å². The zero-order valence-corrected chi connectivity index (χ0v) is 15.3. The fourth-order valence-electron chi connectivity index (χ4n) is 4.11. The molecule has 3 unspecified atom stereocenters. The monoisotopic (exact) mass is 295 g/mol. The summed E-state index contributed by atoms with van der Waals surface area (Å²) in [4.78, 5) is 0. The van der Waals surface area contributed by atoms with Gasteiger partial charge in [0, 0.05) is 0 Å². The molecule has 1 N–H and O–H groups in total. The van der Waals surface area contributed by atoms with Crippen molar-refractivity contribution in [1.82, 2.24) is 5.32 Å². The van der Waals surface area contributed by atoms with E-state index < -0.39 is 0 Å². The second-order valence-corrected chi connectivity index (χ2v) is 7.70. The van der Waals surface area contributed by atoms with Crippen molar-refractivity contribution in [3.8, 4) is 0 Å². The molecule has 1 aliphatic rings. The Kier molecular flexibility index (Phi) is 10.4. The average Bonchev–Trinajstić information content (AvgIpc) is 2.49. The van der Waals surface area contributed by atoms with E-state index >= 15 is 0 Å². The predicted octanol–water partition coefficient (Wildman–Crippen LogP) is 6.04. The third-order valence-corrected chi connectivity index (χ3v) is 5.71. The van der Waals surface area contributed by atoms with Crippen LogP contribution in [0, 0.1) is 23.7 Å². The molecule has 0 aliphatic heterocycles. The number of rotatable bonds is 11. The fourth-order valence-corrected chi connectivity index (χ4v) is 4.11. The van der Waals surface area contributed by atoms with Gasteiger partial charge in [0.15, 0.2) is 0 Å². The Morgan fingerprint density at radius 1 is 0.905 bits per heavy atom. The fraction of sp³-hybridized carbons (Fsp3) is 1.00. The molecule has 1 heteroatoms. The summed E-state index contributed by atoms with van der Waals surface area (Å²) in [6.45, 7) is 11.8. The Morgan fingerprint density at radius 3 is 2.29 bits per heavy atom. The molecule has 0 amide bonds. The third kappa shape index (κ3) is 7.68. The molecule has 1 aliphatic carbocycles. The SMILES string of the molecule is CCCCCCCCC1CC(C(C)C)CCC1CNCC. The van der Waals surface area contributed by atoms with Crippen molar-refractivity contribution in [3.05, 3.63) is 0 Å². The Bertz CT molecular complexity index is 236. The van der Waals surface area contributed by atoms with Crippen molar-refractivity contribution in [2.45, 2.75) is 91.9 Å². The topological polar surface area (TPSA) is 12.0 Å². The van der Waals surface area contributed by atoms with Gasteiger partial charge in [-0.15, -0.1) is 0 Å². The van der Waals surface area contributed by atoms with Crippen LogP contribution in [0.4, 0.5) is 0 Å². The molecule has 1 fully saturated rings. The van der Waals surface area contributed by atoms with Crippen LogP contribution < -0.4 is 5.32 Å². The van der Waals surface area contributed by atoms with Gasteiger partial charge in [0.1, 0.15) is 0 Å². The zero-order chi connectivity index (χ0) is 15.5. The van der Waals surface area contributed by atoms with Gasteiger partial charge in [-0.2, -0.15) is 0 Å². The Hall–Kier alpha value is -0.0400. The Morgan fingerprint density at radius 2 is 1.62 bits per heavy atom. The average molecular weight is 296 g/mol. The highest BCUT2D eigenvalue weighted by Gasteiger charge is 2.30. The second kappa shape index (κ2) is 11.5. The maximum absolute atomic E-state index is 3.61. The van der Waals surface area contributed by atoms with E-state index in [0.717, 1.165) is 30.2 Å². The highest BCUT2D eigenvalue weighted by Crippen LogP contribution is 2.39. The maximum Gasteiger partial charge on any atom is -0.00180 e. The van der Waals surface area contributed by atoms with Crippen LogP contribution in [0.25, 0.3) is 0 Å². The lowest BCUT2D eigenvalue weighted by atomic mass is 9.69. The van der Waals surface area contributed by atoms with E-state index in [4.69, 9.17) is 0 Å². The molecule has 21 heavy (non-hydrogen) atoms. The van der Waals surface area contributed by atoms with Crippen LogP contribution in [0.5, 0.6) is 0 Å². The van der Waals surface area contributed by atoms with E-state index in [0.29, 0.717) is 0 Å². The molecule has 0 heterocycles. The third-order valence-electron chi connectivity index (χ3n) is 5.71. The normalized spacial score (nSPS) is 26.4. The standard InChI is InChI=1S/C20H41N/c1-5-7-8-9-10-11-12-19-15-18(17(3)4)13-14-20(19)16-21-6-2/h17-21H,5-16H2,1-4H3. The first-order chi connectivity index (χ1) is 10.2. The summed E-state index contributed by atoms with van der Waals surface area (Å²) < 4.78 is 0. The molecule has 0 aromatic carbocycles. The van der Waals surface area contributed by atoms with Crippen LogP contribution >= 0.6 is 0 Å². The highest BCUT2D eigenvalue weighted by atomic mass is 14.8. The minimum atomic E-state index is 0.886. The summed E-state index contributed by atoms with van der Waals surface area (Å²) in [7, 11) is 0. The number of unbranched alkanes of at least 4 members (excludes halogenated alkanes) is 5. The zero-order valence-electron chi connectivity index (χ0n) is 15.3. The van der Waals surface area contributed by atoms with Crippen molar-refractivity contribution >= 4 is 0 Å². The van der Waals surface area contributed by atoms with Gasteiger partial charge in [-0.1, -0.05) is 72.6 Å². The summed E-state index contributed by atoms with van der Waals surface area (Å²) in [5.41, 5.74) is 0. The smallest absolute Gasteiger partial charge is 0.00180 e. The molecule has 0 aromatic heterocycles. The first kappa shape index (κ1) is 19.0. The molecule has 0 spiro atoms. The van der Waals surface area contributed by atoms with Crippen LogP contribution in [0.15, 0.2) is 0 Å². The molecule has 1 nitrogen and oxygen atoms in total. The summed E-state index contributed by atoms with van der Waals surface area (Å²) in [5, 5.41) is 3.61. The molecule has 0 aromatic rings. The number of nitrogens with one attached hydrogen (secondary N) is 1. The first-order valence-electron chi connectivity index (χ1n) is 9.89. The van der Waals surface area contributed by atoms with Crippen molar-refractivity contribution < 1.29 is 0 Å². The van der Waals surface area contributed by atoms with Gasteiger partial charge in [-0.25, -0.2) is 0 Å².